The van der Waals surface area contributed by atoms with Gasteiger partial charge in [0.15, 0.2) is 0 Å². The summed E-state index contributed by atoms with van der Waals surface area (Å²) in [4.78, 5) is 38.4. The van der Waals surface area contributed by atoms with Crippen LogP contribution >= 0.6 is 0 Å². The molecule has 0 saturated carbocycles. The molecule has 0 aliphatic heterocycles. The molecule has 17 heteroatoms. The van der Waals surface area contributed by atoms with Crippen LogP contribution in [0.3, 0.4) is 0 Å². The van der Waals surface area contributed by atoms with Crippen LogP contribution in [0, 0.1) is 0 Å². The van der Waals surface area contributed by atoms with Gasteiger partial charge in [-0.1, -0.05) is 0 Å². The molecule has 0 aromatic rings. The fourth-order valence-corrected chi connectivity index (χ4v) is 0.955. The third-order valence-electron chi connectivity index (χ3n) is 1.93. The SMILES string of the molecule is NCCOCC(=O)[O-].NCCOCC(=O)[O-].NCCOCC(=O)[O-].NCCOCC(=O)[O-].[Pb]. The Morgan fingerprint density at radius 3 is 0.697 bits per heavy atom. The van der Waals surface area contributed by atoms with E-state index >= 15 is 0 Å². The second kappa shape index (κ2) is 37.8. The third kappa shape index (κ3) is 72.4. The summed E-state index contributed by atoms with van der Waals surface area (Å²) in [6.45, 7) is 0.994. The van der Waals surface area contributed by atoms with E-state index in [0.717, 1.165) is 0 Å². The predicted octanol–water partition coefficient (Wildman–Crippen LogP) is -9.53. The summed E-state index contributed by atoms with van der Waals surface area (Å²) in [5.41, 5.74) is 19.9. The Labute approximate surface area is 211 Å². The first kappa shape index (κ1) is 41.7. The molecule has 0 aromatic heterocycles. The number of rotatable bonds is 16. The number of carboxylic acid groups (broad SMARTS) is 4. The van der Waals surface area contributed by atoms with Gasteiger partial charge >= 0.3 is 0 Å². The first-order valence-corrected chi connectivity index (χ1v) is 8.99. The molecule has 0 spiro atoms. The maximum atomic E-state index is 9.60. The van der Waals surface area contributed by atoms with Crippen LogP contribution in [0.4, 0.5) is 0 Å². The van der Waals surface area contributed by atoms with E-state index < -0.39 is 23.9 Å². The van der Waals surface area contributed by atoms with E-state index in [-0.39, 0.29) is 80.2 Å². The van der Waals surface area contributed by atoms with Crippen molar-refractivity contribution in [2.75, 3.05) is 79.0 Å². The van der Waals surface area contributed by atoms with Crippen LogP contribution in [0.15, 0.2) is 0 Å². The molecule has 0 atom stereocenters. The molecular weight excluding hydrogens is 647 g/mol. The standard InChI is InChI=1S/4C4H9NO3.Pb/c4*5-1-2-8-3-4(6)7;/h4*1-3,5H2,(H,6,7);/p-4. The Morgan fingerprint density at radius 2 is 0.606 bits per heavy atom. The van der Waals surface area contributed by atoms with E-state index in [1.807, 2.05) is 0 Å². The van der Waals surface area contributed by atoms with Gasteiger partial charge in [-0.15, -0.1) is 0 Å². The van der Waals surface area contributed by atoms with Crippen molar-refractivity contribution in [3.05, 3.63) is 0 Å². The van der Waals surface area contributed by atoms with E-state index in [2.05, 4.69) is 18.9 Å². The molecule has 0 unspecified atom stereocenters. The summed E-state index contributed by atoms with van der Waals surface area (Å²) in [5, 5.41) is 38.4. The normalized spacial score (nSPS) is 8.85. The maximum Gasteiger partial charge on any atom is 0.0861 e. The van der Waals surface area contributed by atoms with Gasteiger partial charge in [0.2, 0.25) is 0 Å². The molecule has 8 N–H and O–H groups in total. The van der Waals surface area contributed by atoms with Gasteiger partial charge in [0.05, 0.1) is 76.7 Å². The van der Waals surface area contributed by atoms with Crippen LogP contribution in [0.5, 0.6) is 0 Å². The average molecular weight is 680 g/mol. The largest absolute Gasteiger partial charge is 0.548 e. The minimum absolute atomic E-state index is 0. The minimum Gasteiger partial charge on any atom is -0.548 e. The van der Waals surface area contributed by atoms with Crippen molar-refractivity contribution in [2.24, 2.45) is 22.9 Å². The van der Waals surface area contributed by atoms with Crippen LogP contribution in [0.1, 0.15) is 0 Å². The molecule has 4 radical (unpaired) electrons. The van der Waals surface area contributed by atoms with Crippen molar-refractivity contribution < 1.29 is 58.6 Å². The van der Waals surface area contributed by atoms with Crippen molar-refractivity contribution >= 4 is 51.2 Å². The van der Waals surface area contributed by atoms with Gasteiger partial charge in [-0.3, -0.25) is 0 Å². The second-order valence-corrected chi connectivity index (χ2v) is 4.85. The van der Waals surface area contributed by atoms with Crippen molar-refractivity contribution in [1.82, 2.24) is 0 Å². The summed E-state index contributed by atoms with van der Waals surface area (Å²) in [6.07, 6.45) is 0. The number of carboxylic acids is 4. The Kier molecular flexibility index (Phi) is 47.8. The molecule has 0 aliphatic rings. The molecule has 0 heterocycles. The van der Waals surface area contributed by atoms with E-state index in [1.165, 1.54) is 0 Å². The maximum absolute atomic E-state index is 9.60. The minimum atomic E-state index is -1.21. The molecule has 33 heavy (non-hydrogen) atoms. The molecule has 0 fully saturated rings. The van der Waals surface area contributed by atoms with Crippen molar-refractivity contribution in [1.29, 1.82) is 0 Å². The summed E-state index contributed by atoms with van der Waals surface area (Å²) in [5.74, 6) is -4.84. The Morgan fingerprint density at radius 1 is 0.455 bits per heavy atom. The summed E-state index contributed by atoms with van der Waals surface area (Å²) in [7, 11) is 0. The summed E-state index contributed by atoms with van der Waals surface area (Å²) < 4.78 is 17.8. The Bertz CT molecular complexity index is 381. The van der Waals surface area contributed by atoms with Crippen LogP contribution in [0.25, 0.3) is 0 Å². The molecule has 0 amide bonds. The van der Waals surface area contributed by atoms with Crippen molar-refractivity contribution in [3.8, 4) is 0 Å². The van der Waals surface area contributed by atoms with E-state index in [9.17, 15) is 39.6 Å². The number of carbonyl (C=O) groups excluding carboxylic acids is 4. The van der Waals surface area contributed by atoms with E-state index in [4.69, 9.17) is 22.9 Å². The van der Waals surface area contributed by atoms with Gasteiger partial charge in [-0.25, -0.2) is 0 Å². The molecular formula is C16H32N4O12Pb-4. The average Bonchev–Trinajstić information content (AvgIpc) is 2.69. The van der Waals surface area contributed by atoms with Gasteiger partial charge in [0, 0.05) is 53.5 Å². The molecule has 0 rings (SSSR count). The van der Waals surface area contributed by atoms with Crippen LogP contribution in [0.2, 0.25) is 0 Å². The van der Waals surface area contributed by atoms with Gasteiger partial charge < -0.3 is 81.5 Å². The van der Waals surface area contributed by atoms with E-state index in [0.29, 0.717) is 26.2 Å². The number of carbonyl (C=O) groups is 4. The fraction of sp³-hybridized carbons (Fsp3) is 0.750. The number of nitrogens with two attached hydrogens (primary N) is 4. The zero-order valence-corrected chi connectivity index (χ0v) is 22.1. The molecule has 196 valence electrons. The Hall–Kier alpha value is -1.52. The predicted molar refractivity (Wildman–Crippen MR) is 105 cm³/mol. The zero-order valence-electron chi connectivity index (χ0n) is 18.2. The first-order valence-electron chi connectivity index (χ1n) is 8.99. The number of ether oxygens (including phenoxy) is 4. The fourth-order valence-electron chi connectivity index (χ4n) is 0.955. The molecule has 16 nitrogen and oxygen atoms in total. The second-order valence-electron chi connectivity index (χ2n) is 4.85. The van der Waals surface area contributed by atoms with Crippen LogP contribution < -0.4 is 43.4 Å². The summed E-state index contributed by atoms with van der Waals surface area (Å²) >= 11 is 0. The summed E-state index contributed by atoms with van der Waals surface area (Å²) in [6, 6.07) is 0. The van der Waals surface area contributed by atoms with Gasteiger partial charge in [0.25, 0.3) is 0 Å². The van der Waals surface area contributed by atoms with Crippen LogP contribution in [-0.4, -0.2) is 130 Å². The molecule has 0 aromatic carbocycles. The van der Waals surface area contributed by atoms with E-state index in [1.54, 1.807) is 0 Å². The number of hydrogen-bond donors (Lipinski definition) is 4. The van der Waals surface area contributed by atoms with Crippen molar-refractivity contribution in [3.63, 3.8) is 0 Å². The topological polar surface area (TPSA) is 302 Å². The molecule has 0 saturated heterocycles. The smallest absolute Gasteiger partial charge is 0.0861 e. The monoisotopic (exact) mass is 680 g/mol. The molecule has 0 aliphatic carbocycles. The number of hydrogen-bond acceptors (Lipinski definition) is 16. The van der Waals surface area contributed by atoms with Crippen LogP contribution in [-0.2, 0) is 38.1 Å². The molecule has 0 bridgehead atoms. The first-order chi connectivity index (χ1) is 15.1. The van der Waals surface area contributed by atoms with Crippen molar-refractivity contribution in [2.45, 2.75) is 0 Å². The third-order valence-corrected chi connectivity index (χ3v) is 1.93. The number of aliphatic carboxylic acids is 4. The van der Waals surface area contributed by atoms with Gasteiger partial charge in [-0.05, 0) is 0 Å². The van der Waals surface area contributed by atoms with Gasteiger partial charge in [-0.2, -0.15) is 0 Å². The quantitative estimate of drug-likeness (QED) is 0.0869. The zero-order chi connectivity index (χ0) is 25.6. The Balaban J connectivity index is -0.000000105. The van der Waals surface area contributed by atoms with Gasteiger partial charge in [0.1, 0.15) is 0 Å².